The van der Waals surface area contributed by atoms with Crippen LogP contribution in [0.15, 0.2) is 27.4 Å². The summed E-state index contributed by atoms with van der Waals surface area (Å²) in [5.74, 6) is -0.461. The first-order valence-electron chi connectivity index (χ1n) is 6.03. The number of nitrogen functional groups attached to an aromatic ring is 1. The van der Waals surface area contributed by atoms with E-state index in [1.807, 2.05) is 23.4 Å². The van der Waals surface area contributed by atoms with Crippen LogP contribution >= 0.6 is 38.9 Å². The topological polar surface area (TPSA) is 55.6 Å². The molecular weight excluding hydrogens is 376 g/mol. The van der Waals surface area contributed by atoms with Crippen LogP contribution in [0, 0.1) is 0 Å². The Kier molecular flexibility index (Phi) is 5.13. The minimum Gasteiger partial charge on any atom is -0.465 e. The molecule has 21 heavy (non-hydrogen) atoms. The van der Waals surface area contributed by atoms with Gasteiger partial charge in [0.2, 0.25) is 0 Å². The second-order valence-corrected chi connectivity index (χ2v) is 7.20. The second-order valence-electron chi connectivity index (χ2n) is 4.51. The summed E-state index contributed by atoms with van der Waals surface area (Å²) in [4.78, 5) is 13.8. The van der Waals surface area contributed by atoms with Gasteiger partial charge in [0.25, 0.3) is 0 Å². The fourth-order valence-corrected chi connectivity index (χ4v) is 3.63. The average molecular weight is 390 g/mol. The van der Waals surface area contributed by atoms with Crippen LogP contribution in [0.3, 0.4) is 0 Å². The molecule has 0 unspecified atom stereocenters. The lowest BCUT2D eigenvalue weighted by Crippen LogP contribution is -2.20. The maximum atomic E-state index is 11.9. The number of hydrogen-bond acceptors (Lipinski definition) is 5. The Labute approximate surface area is 140 Å². The Hall–Kier alpha value is -1.24. The molecule has 0 aliphatic carbocycles. The van der Waals surface area contributed by atoms with E-state index in [-0.39, 0.29) is 0 Å². The summed E-state index contributed by atoms with van der Waals surface area (Å²) in [7, 11) is 3.20. The van der Waals surface area contributed by atoms with Gasteiger partial charge in [-0.3, -0.25) is 0 Å². The highest BCUT2D eigenvalue weighted by Crippen LogP contribution is 2.34. The van der Waals surface area contributed by atoms with Crippen molar-refractivity contribution in [2.24, 2.45) is 0 Å². The summed E-state index contributed by atoms with van der Waals surface area (Å²) in [6.07, 6.45) is 0. The number of thiophene rings is 1. The molecule has 112 valence electrons. The maximum absolute atomic E-state index is 11.9. The van der Waals surface area contributed by atoms with Gasteiger partial charge in [0.1, 0.15) is 0 Å². The number of halogens is 2. The number of carbonyl (C=O) groups is 1. The molecule has 1 aromatic carbocycles. The summed E-state index contributed by atoms with van der Waals surface area (Å²) < 4.78 is 5.86. The third-order valence-corrected chi connectivity index (χ3v) is 4.76. The molecule has 0 saturated carbocycles. The van der Waals surface area contributed by atoms with Crippen LogP contribution in [0.1, 0.15) is 15.9 Å². The zero-order valence-electron chi connectivity index (χ0n) is 11.5. The number of ether oxygens (including phenoxy) is 1. The Morgan fingerprint density at radius 2 is 2.19 bits per heavy atom. The Morgan fingerprint density at radius 3 is 2.76 bits per heavy atom. The molecular formula is C14H14BrClN2O2S. The molecule has 0 spiro atoms. The monoisotopic (exact) mass is 388 g/mol. The van der Waals surface area contributed by atoms with Crippen molar-refractivity contribution >= 4 is 56.2 Å². The largest absolute Gasteiger partial charge is 0.465 e. The minimum absolute atomic E-state index is 0.360. The van der Waals surface area contributed by atoms with Gasteiger partial charge in [-0.2, -0.15) is 0 Å². The first-order valence-corrected chi connectivity index (χ1v) is 8.08. The van der Waals surface area contributed by atoms with Crippen molar-refractivity contribution in [3.05, 3.63) is 43.5 Å². The number of rotatable bonds is 4. The third kappa shape index (κ3) is 3.70. The summed E-state index contributed by atoms with van der Waals surface area (Å²) in [5, 5.41) is 2.47. The van der Waals surface area contributed by atoms with Crippen LogP contribution in [0.5, 0.6) is 0 Å². The smallest absolute Gasteiger partial charge is 0.340 e. The number of nitrogens with two attached hydrogens (primary N) is 1. The highest BCUT2D eigenvalue weighted by Gasteiger charge is 2.19. The van der Waals surface area contributed by atoms with Crippen LogP contribution in [0.4, 0.5) is 11.4 Å². The summed E-state index contributed by atoms with van der Waals surface area (Å²) >= 11 is 11.3. The van der Waals surface area contributed by atoms with Crippen molar-refractivity contribution in [2.45, 2.75) is 6.54 Å². The Morgan fingerprint density at radius 1 is 1.48 bits per heavy atom. The van der Waals surface area contributed by atoms with Crippen molar-refractivity contribution in [3.63, 3.8) is 0 Å². The van der Waals surface area contributed by atoms with Crippen molar-refractivity contribution in [1.29, 1.82) is 0 Å². The molecule has 1 aromatic heterocycles. The highest BCUT2D eigenvalue weighted by atomic mass is 79.9. The number of esters is 1. The second kappa shape index (κ2) is 6.68. The molecule has 4 nitrogen and oxygen atoms in total. The number of benzene rings is 1. The first kappa shape index (κ1) is 16.1. The molecule has 0 aliphatic rings. The summed E-state index contributed by atoms with van der Waals surface area (Å²) in [5.41, 5.74) is 8.28. The molecule has 0 amide bonds. The predicted molar refractivity (Wildman–Crippen MR) is 91.3 cm³/mol. The van der Waals surface area contributed by atoms with E-state index in [1.165, 1.54) is 7.11 Å². The molecule has 2 aromatic rings. The van der Waals surface area contributed by atoms with Crippen LogP contribution < -0.4 is 10.6 Å². The van der Waals surface area contributed by atoms with E-state index >= 15 is 0 Å². The van der Waals surface area contributed by atoms with Crippen molar-refractivity contribution < 1.29 is 9.53 Å². The molecule has 2 rings (SSSR count). The lowest BCUT2D eigenvalue weighted by Gasteiger charge is -2.23. The van der Waals surface area contributed by atoms with Gasteiger partial charge < -0.3 is 15.4 Å². The number of hydrogen-bond donors (Lipinski definition) is 1. The third-order valence-electron chi connectivity index (χ3n) is 2.91. The average Bonchev–Trinajstić information content (AvgIpc) is 2.81. The Balaban J connectivity index is 2.39. The van der Waals surface area contributed by atoms with E-state index in [2.05, 4.69) is 15.9 Å². The number of methoxy groups -OCH3 is 1. The minimum atomic E-state index is -0.461. The molecule has 7 heteroatoms. The van der Waals surface area contributed by atoms with Gasteiger partial charge in [-0.25, -0.2) is 4.79 Å². The number of nitrogens with zero attached hydrogens (tertiary/aromatic N) is 1. The molecule has 2 N–H and O–H groups in total. The quantitative estimate of drug-likeness (QED) is 0.630. The van der Waals surface area contributed by atoms with Gasteiger partial charge in [-0.1, -0.05) is 11.6 Å². The van der Waals surface area contributed by atoms with Crippen molar-refractivity contribution in [1.82, 2.24) is 0 Å². The molecule has 0 bridgehead atoms. The van der Waals surface area contributed by atoms with Gasteiger partial charge in [-0.15, -0.1) is 11.3 Å². The van der Waals surface area contributed by atoms with Gasteiger partial charge in [0.15, 0.2) is 0 Å². The van der Waals surface area contributed by atoms with Crippen LogP contribution in [0.2, 0.25) is 5.02 Å². The lowest BCUT2D eigenvalue weighted by molar-refractivity contribution is 0.0601. The summed E-state index contributed by atoms with van der Waals surface area (Å²) in [6.45, 7) is 0.621. The SMILES string of the molecule is COC(=O)c1cc(N)cc(Cl)c1N(C)Cc1csc(Br)c1. The fraction of sp³-hybridized carbons (Fsp3) is 0.214. The Bertz CT molecular complexity index is 675. The molecule has 0 atom stereocenters. The van der Waals surface area contributed by atoms with Crippen molar-refractivity contribution in [2.75, 3.05) is 24.8 Å². The number of anilines is 2. The standard InChI is InChI=1S/C14H14BrClN2O2S/c1-18(6-8-3-12(15)21-7-8)13-10(14(19)20-2)4-9(17)5-11(13)16/h3-5,7H,6,17H2,1-2H3. The van der Waals surface area contributed by atoms with E-state index in [4.69, 9.17) is 22.1 Å². The van der Waals surface area contributed by atoms with E-state index in [0.29, 0.717) is 28.5 Å². The van der Waals surface area contributed by atoms with E-state index in [1.54, 1.807) is 23.5 Å². The number of carbonyl (C=O) groups excluding carboxylic acids is 1. The van der Waals surface area contributed by atoms with Gasteiger partial charge in [0.05, 0.1) is 27.2 Å². The van der Waals surface area contributed by atoms with E-state index in [9.17, 15) is 4.79 Å². The molecule has 0 aliphatic heterocycles. The van der Waals surface area contributed by atoms with Crippen molar-refractivity contribution in [3.8, 4) is 0 Å². The zero-order valence-corrected chi connectivity index (χ0v) is 14.7. The molecule has 0 saturated heterocycles. The fourth-order valence-electron chi connectivity index (χ4n) is 2.06. The van der Waals surface area contributed by atoms with Crippen LogP contribution in [-0.2, 0) is 11.3 Å². The van der Waals surface area contributed by atoms with Crippen LogP contribution in [-0.4, -0.2) is 20.1 Å². The lowest BCUT2D eigenvalue weighted by atomic mass is 10.1. The normalized spacial score (nSPS) is 10.5. The molecule has 0 fully saturated rings. The summed E-state index contributed by atoms with van der Waals surface area (Å²) in [6, 6.07) is 5.24. The van der Waals surface area contributed by atoms with E-state index < -0.39 is 5.97 Å². The zero-order chi connectivity index (χ0) is 15.6. The van der Waals surface area contributed by atoms with Gasteiger partial charge >= 0.3 is 5.97 Å². The van der Waals surface area contributed by atoms with Gasteiger partial charge in [0, 0.05) is 19.3 Å². The van der Waals surface area contributed by atoms with Gasteiger partial charge in [-0.05, 0) is 45.1 Å². The van der Waals surface area contributed by atoms with E-state index in [0.717, 1.165) is 9.35 Å². The highest BCUT2D eigenvalue weighted by molar-refractivity contribution is 9.11. The van der Waals surface area contributed by atoms with Crippen LogP contribution in [0.25, 0.3) is 0 Å². The maximum Gasteiger partial charge on any atom is 0.340 e. The first-order chi connectivity index (χ1) is 9.92. The molecule has 0 radical (unpaired) electrons. The molecule has 1 heterocycles. The predicted octanol–water partition coefficient (Wildman–Crippen LogP) is 4.17.